The van der Waals surface area contributed by atoms with Gasteiger partial charge in [-0.1, -0.05) is 64.7 Å². The van der Waals surface area contributed by atoms with E-state index in [-0.39, 0.29) is 0 Å². The van der Waals surface area contributed by atoms with Crippen LogP contribution in [0.2, 0.25) is 0 Å². The molecule has 2 aromatic rings. The van der Waals surface area contributed by atoms with E-state index < -0.39 is 0 Å². The summed E-state index contributed by atoms with van der Waals surface area (Å²) in [5.74, 6) is 1.92. The lowest BCUT2D eigenvalue weighted by atomic mass is 9.89. The van der Waals surface area contributed by atoms with Gasteiger partial charge in [0.25, 0.3) is 0 Å². The Hall–Kier alpha value is -1.16. The van der Waals surface area contributed by atoms with Crippen LogP contribution in [0.3, 0.4) is 0 Å². The van der Waals surface area contributed by atoms with Crippen LogP contribution >= 0.6 is 11.3 Å². The Labute approximate surface area is 168 Å². The maximum atomic E-state index is 4.71. The Morgan fingerprint density at radius 1 is 0.889 bits per heavy atom. The molecule has 0 bridgehead atoms. The van der Waals surface area contributed by atoms with E-state index >= 15 is 0 Å². The van der Waals surface area contributed by atoms with Crippen LogP contribution in [-0.4, -0.2) is 16.0 Å². The lowest BCUT2D eigenvalue weighted by Crippen LogP contribution is -2.21. The van der Waals surface area contributed by atoms with Gasteiger partial charge in [0.1, 0.15) is 17.0 Å². The summed E-state index contributed by atoms with van der Waals surface area (Å²) in [6.07, 6.45) is 20.7. The third-order valence-corrected chi connectivity index (χ3v) is 7.70. The molecule has 2 aliphatic carbocycles. The number of hydrogen-bond donors (Lipinski definition) is 1. The summed E-state index contributed by atoms with van der Waals surface area (Å²) in [7, 11) is 0. The van der Waals surface area contributed by atoms with Crippen molar-refractivity contribution < 1.29 is 0 Å². The number of anilines is 1. The summed E-state index contributed by atoms with van der Waals surface area (Å²) < 4.78 is 0. The first kappa shape index (κ1) is 19.2. The van der Waals surface area contributed by atoms with Crippen LogP contribution in [0.4, 0.5) is 5.82 Å². The second kappa shape index (κ2) is 9.36. The molecule has 0 aromatic carbocycles. The Morgan fingerprint density at radius 3 is 2.26 bits per heavy atom. The number of thiophene rings is 1. The predicted molar refractivity (Wildman–Crippen MR) is 117 cm³/mol. The Bertz CT molecular complexity index is 727. The first-order valence-corrected chi connectivity index (χ1v) is 12.1. The molecule has 2 heterocycles. The summed E-state index contributed by atoms with van der Waals surface area (Å²) in [6, 6.07) is 0.570. The van der Waals surface area contributed by atoms with E-state index in [9.17, 15) is 0 Å². The molecule has 0 spiro atoms. The monoisotopic (exact) mass is 385 g/mol. The van der Waals surface area contributed by atoms with Gasteiger partial charge in [-0.15, -0.1) is 11.3 Å². The van der Waals surface area contributed by atoms with Gasteiger partial charge in [-0.3, -0.25) is 0 Å². The van der Waals surface area contributed by atoms with Crippen molar-refractivity contribution in [2.45, 2.75) is 103 Å². The van der Waals surface area contributed by atoms with Crippen molar-refractivity contribution >= 4 is 27.4 Å². The number of nitrogens with zero attached hydrogens (tertiary/aromatic N) is 2. The van der Waals surface area contributed by atoms with E-state index in [2.05, 4.69) is 17.2 Å². The lowest BCUT2D eigenvalue weighted by Gasteiger charge is -2.22. The fraction of sp³-hybridized carbons (Fsp3) is 0.739. The number of aryl methyl sites for hydroxylation is 1. The summed E-state index contributed by atoms with van der Waals surface area (Å²) >= 11 is 1.91. The number of rotatable bonds is 2. The molecule has 2 aliphatic rings. The highest BCUT2D eigenvalue weighted by Gasteiger charge is 2.23. The zero-order valence-electron chi connectivity index (χ0n) is 16.9. The van der Waals surface area contributed by atoms with Gasteiger partial charge in [-0.25, -0.2) is 9.97 Å². The molecule has 2 aromatic heterocycles. The third kappa shape index (κ3) is 4.82. The second-order valence-corrected chi connectivity index (χ2v) is 9.94. The highest BCUT2D eigenvalue weighted by Crippen LogP contribution is 2.40. The fourth-order valence-corrected chi connectivity index (χ4v) is 6.24. The molecule has 1 fully saturated rings. The number of aromatic nitrogens is 2. The summed E-state index contributed by atoms with van der Waals surface area (Å²) in [5.41, 5.74) is 1.55. The molecule has 3 nitrogen and oxygen atoms in total. The van der Waals surface area contributed by atoms with Crippen LogP contribution in [-0.2, 0) is 12.8 Å². The molecule has 0 amide bonds. The molecule has 148 valence electrons. The van der Waals surface area contributed by atoms with Crippen molar-refractivity contribution in [2.24, 2.45) is 5.92 Å². The topological polar surface area (TPSA) is 37.8 Å². The minimum absolute atomic E-state index is 0.570. The SMILES string of the molecule is C[C@H]1CCc2c(sc3ncnc(NC4CCCCCCCCCCC4)c23)C1. The van der Waals surface area contributed by atoms with Crippen molar-refractivity contribution in [1.82, 2.24) is 9.97 Å². The second-order valence-electron chi connectivity index (χ2n) is 8.85. The van der Waals surface area contributed by atoms with Crippen molar-refractivity contribution in [3.8, 4) is 0 Å². The molecular weight excluding hydrogens is 350 g/mol. The number of hydrogen-bond acceptors (Lipinski definition) is 4. The first-order valence-electron chi connectivity index (χ1n) is 11.3. The van der Waals surface area contributed by atoms with Crippen LogP contribution < -0.4 is 5.32 Å². The van der Waals surface area contributed by atoms with Gasteiger partial charge >= 0.3 is 0 Å². The van der Waals surface area contributed by atoms with Gasteiger partial charge in [-0.05, 0) is 43.6 Å². The molecule has 0 saturated heterocycles. The standard InChI is InChI=1S/C23H35N3S/c1-17-13-14-19-20(15-17)27-23-21(19)22(24-16-25-23)26-18-11-9-7-5-3-2-4-6-8-10-12-18/h16-18H,2-15H2,1H3,(H,24,25,26)/t17-/m0/s1. The molecule has 4 rings (SSSR count). The summed E-state index contributed by atoms with van der Waals surface area (Å²) in [5, 5.41) is 5.22. The quantitative estimate of drug-likeness (QED) is 0.611. The zero-order chi connectivity index (χ0) is 18.5. The average molecular weight is 386 g/mol. The van der Waals surface area contributed by atoms with E-state index in [1.165, 1.54) is 100 Å². The first-order chi connectivity index (χ1) is 13.3. The van der Waals surface area contributed by atoms with Crippen LogP contribution in [0, 0.1) is 5.92 Å². The van der Waals surface area contributed by atoms with Gasteiger partial charge in [0.2, 0.25) is 0 Å². The summed E-state index contributed by atoms with van der Waals surface area (Å²) in [6.45, 7) is 2.38. The molecule has 1 N–H and O–H groups in total. The van der Waals surface area contributed by atoms with Gasteiger partial charge in [-0.2, -0.15) is 0 Å². The van der Waals surface area contributed by atoms with Gasteiger partial charge in [0, 0.05) is 10.9 Å². The molecule has 1 atom stereocenters. The van der Waals surface area contributed by atoms with Crippen molar-refractivity contribution in [3.05, 3.63) is 16.8 Å². The maximum absolute atomic E-state index is 4.71. The Balaban J connectivity index is 1.52. The molecule has 27 heavy (non-hydrogen) atoms. The largest absolute Gasteiger partial charge is 0.367 e. The normalized spacial score (nSPS) is 23.4. The highest BCUT2D eigenvalue weighted by molar-refractivity contribution is 7.19. The van der Waals surface area contributed by atoms with Gasteiger partial charge in [0.15, 0.2) is 0 Å². The molecule has 0 aliphatic heterocycles. The summed E-state index contributed by atoms with van der Waals surface area (Å²) in [4.78, 5) is 12.1. The van der Waals surface area contributed by atoms with Crippen LogP contribution in [0.15, 0.2) is 6.33 Å². The Kier molecular flexibility index (Phi) is 6.64. The lowest BCUT2D eigenvalue weighted by molar-refractivity contribution is 0.479. The maximum Gasteiger partial charge on any atom is 0.138 e. The number of nitrogens with one attached hydrogen (secondary N) is 1. The van der Waals surface area contributed by atoms with Crippen molar-refractivity contribution in [3.63, 3.8) is 0 Å². The van der Waals surface area contributed by atoms with E-state index in [0.29, 0.717) is 6.04 Å². The third-order valence-electron chi connectivity index (χ3n) is 6.54. The van der Waals surface area contributed by atoms with Crippen LogP contribution in [0.5, 0.6) is 0 Å². The molecule has 4 heteroatoms. The smallest absolute Gasteiger partial charge is 0.138 e. The van der Waals surface area contributed by atoms with Crippen molar-refractivity contribution in [1.29, 1.82) is 0 Å². The fourth-order valence-electron chi connectivity index (χ4n) is 4.89. The highest BCUT2D eigenvalue weighted by atomic mass is 32.1. The average Bonchev–Trinajstić information content (AvgIpc) is 3.02. The van der Waals surface area contributed by atoms with Crippen LogP contribution in [0.1, 0.15) is 94.4 Å². The van der Waals surface area contributed by atoms with Gasteiger partial charge in [0.05, 0.1) is 5.39 Å². The van der Waals surface area contributed by atoms with E-state index in [1.807, 2.05) is 11.3 Å². The van der Waals surface area contributed by atoms with E-state index in [0.717, 1.165) is 11.7 Å². The molecular formula is C23H35N3S. The van der Waals surface area contributed by atoms with Crippen molar-refractivity contribution in [2.75, 3.05) is 5.32 Å². The van der Waals surface area contributed by atoms with Gasteiger partial charge < -0.3 is 5.32 Å². The van der Waals surface area contributed by atoms with E-state index in [1.54, 1.807) is 16.8 Å². The van der Waals surface area contributed by atoms with Crippen LogP contribution in [0.25, 0.3) is 10.2 Å². The molecule has 0 unspecified atom stereocenters. The Morgan fingerprint density at radius 2 is 1.56 bits per heavy atom. The molecule has 1 saturated carbocycles. The van der Waals surface area contributed by atoms with E-state index in [4.69, 9.17) is 4.98 Å². The number of fused-ring (bicyclic) bond motifs is 3. The molecule has 0 radical (unpaired) electrons. The minimum atomic E-state index is 0.570. The predicted octanol–water partition coefficient (Wildman–Crippen LogP) is 6.90. The minimum Gasteiger partial charge on any atom is -0.367 e. The zero-order valence-corrected chi connectivity index (χ0v) is 17.8.